The van der Waals surface area contributed by atoms with Crippen LogP contribution in [0.25, 0.3) is 0 Å². The average Bonchev–Trinajstić information content (AvgIpc) is 2.28. The molecule has 1 fully saturated rings. The molecule has 0 saturated heterocycles. The van der Waals surface area contributed by atoms with Crippen LogP contribution < -0.4 is 0 Å². The van der Waals surface area contributed by atoms with Crippen LogP contribution in [0, 0.1) is 0 Å². The predicted molar refractivity (Wildman–Crippen MR) is 79.4 cm³/mol. The third-order valence-electron chi connectivity index (χ3n) is 4.49. The fourth-order valence-corrected chi connectivity index (χ4v) is 3.58. The monoisotopic (exact) mass is 265 g/mol. The second kappa shape index (κ2) is 5.63. The molecule has 1 aromatic carbocycles. The highest BCUT2D eigenvalue weighted by atomic mass is 35.5. The Morgan fingerprint density at radius 1 is 1.22 bits per heavy atom. The van der Waals surface area contributed by atoms with Crippen LogP contribution in [0.15, 0.2) is 24.3 Å². The van der Waals surface area contributed by atoms with Gasteiger partial charge in [0.2, 0.25) is 0 Å². The molecule has 0 N–H and O–H groups in total. The SMILES string of the molecule is CCCC(N(C)C)C1(c2ccc(Cl)cc2)CCC1. The summed E-state index contributed by atoms with van der Waals surface area (Å²) < 4.78 is 0. The number of rotatable bonds is 5. The Morgan fingerprint density at radius 2 is 1.83 bits per heavy atom. The maximum Gasteiger partial charge on any atom is 0.0406 e. The Hall–Kier alpha value is -0.530. The molecule has 0 aliphatic heterocycles. The Bertz CT molecular complexity index is 379. The summed E-state index contributed by atoms with van der Waals surface area (Å²) in [5.41, 5.74) is 1.84. The van der Waals surface area contributed by atoms with Crippen molar-refractivity contribution in [2.75, 3.05) is 14.1 Å². The van der Waals surface area contributed by atoms with Gasteiger partial charge in [-0.3, -0.25) is 0 Å². The fourth-order valence-electron chi connectivity index (χ4n) is 3.46. The van der Waals surface area contributed by atoms with E-state index in [-0.39, 0.29) is 0 Å². The molecule has 0 heterocycles. The molecule has 1 aromatic rings. The number of hydrogen-bond donors (Lipinski definition) is 0. The molecule has 0 bridgehead atoms. The standard InChI is InChI=1S/C16H24ClN/c1-4-6-15(18(2)3)16(11-5-12-16)13-7-9-14(17)10-8-13/h7-10,15H,4-6,11-12H2,1-3H3. The van der Waals surface area contributed by atoms with Gasteiger partial charge < -0.3 is 4.90 Å². The van der Waals surface area contributed by atoms with Gasteiger partial charge >= 0.3 is 0 Å². The molecule has 2 rings (SSSR count). The van der Waals surface area contributed by atoms with Crippen molar-refractivity contribution in [3.63, 3.8) is 0 Å². The van der Waals surface area contributed by atoms with Gasteiger partial charge in [0.1, 0.15) is 0 Å². The summed E-state index contributed by atoms with van der Waals surface area (Å²) in [6, 6.07) is 9.18. The van der Waals surface area contributed by atoms with Crippen molar-refractivity contribution in [2.45, 2.75) is 50.5 Å². The first-order valence-electron chi connectivity index (χ1n) is 7.02. The van der Waals surface area contributed by atoms with E-state index >= 15 is 0 Å². The van der Waals surface area contributed by atoms with E-state index in [0.29, 0.717) is 11.5 Å². The lowest BCUT2D eigenvalue weighted by Gasteiger charge is -2.51. The molecule has 100 valence electrons. The van der Waals surface area contributed by atoms with Crippen LogP contribution >= 0.6 is 11.6 Å². The van der Waals surface area contributed by atoms with Gasteiger partial charge in [0.15, 0.2) is 0 Å². The van der Waals surface area contributed by atoms with Crippen LogP contribution in [0.1, 0.15) is 44.6 Å². The molecule has 0 aromatic heterocycles. The Morgan fingerprint density at radius 3 is 2.22 bits per heavy atom. The number of likely N-dealkylation sites (N-methyl/N-ethyl adjacent to an activating group) is 1. The average molecular weight is 266 g/mol. The summed E-state index contributed by atoms with van der Waals surface area (Å²) in [5.74, 6) is 0. The lowest BCUT2D eigenvalue weighted by atomic mass is 9.59. The minimum absolute atomic E-state index is 0.365. The van der Waals surface area contributed by atoms with Gasteiger partial charge in [-0.15, -0.1) is 0 Å². The molecular formula is C16H24ClN. The highest BCUT2D eigenvalue weighted by Gasteiger charge is 2.45. The van der Waals surface area contributed by atoms with Crippen molar-refractivity contribution in [1.82, 2.24) is 4.90 Å². The summed E-state index contributed by atoms with van der Waals surface area (Å²) in [6.07, 6.45) is 6.51. The van der Waals surface area contributed by atoms with Crippen molar-refractivity contribution in [3.05, 3.63) is 34.9 Å². The van der Waals surface area contributed by atoms with Gasteiger partial charge in [-0.05, 0) is 51.1 Å². The molecule has 0 spiro atoms. The minimum Gasteiger partial charge on any atom is -0.306 e. The fraction of sp³-hybridized carbons (Fsp3) is 0.625. The van der Waals surface area contributed by atoms with Crippen molar-refractivity contribution in [1.29, 1.82) is 0 Å². The first-order chi connectivity index (χ1) is 8.60. The summed E-state index contributed by atoms with van der Waals surface area (Å²) in [6.45, 7) is 2.28. The molecule has 0 amide bonds. The van der Waals surface area contributed by atoms with Gasteiger partial charge in [-0.1, -0.05) is 43.5 Å². The van der Waals surface area contributed by atoms with Gasteiger partial charge in [0, 0.05) is 16.5 Å². The first-order valence-corrected chi connectivity index (χ1v) is 7.40. The lowest BCUT2D eigenvalue weighted by molar-refractivity contribution is 0.0895. The van der Waals surface area contributed by atoms with Crippen molar-refractivity contribution in [3.8, 4) is 0 Å². The maximum absolute atomic E-state index is 6.02. The van der Waals surface area contributed by atoms with Gasteiger partial charge in [-0.2, -0.15) is 0 Å². The Balaban J connectivity index is 2.31. The summed E-state index contributed by atoms with van der Waals surface area (Å²) in [4.78, 5) is 2.41. The van der Waals surface area contributed by atoms with Gasteiger partial charge in [0.05, 0.1) is 0 Å². The number of nitrogens with zero attached hydrogens (tertiary/aromatic N) is 1. The topological polar surface area (TPSA) is 3.24 Å². The molecule has 1 aliphatic rings. The molecule has 1 saturated carbocycles. The van der Waals surface area contributed by atoms with Crippen LogP contribution in [0.2, 0.25) is 5.02 Å². The Kier molecular flexibility index (Phi) is 4.34. The zero-order chi connectivity index (χ0) is 13.2. The van der Waals surface area contributed by atoms with E-state index in [9.17, 15) is 0 Å². The number of hydrogen-bond acceptors (Lipinski definition) is 1. The van der Waals surface area contributed by atoms with Crippen molar-refractivity contribution in [2.24, 2.45) is 0 Å². The second-order valence-corrected chi connectivity index (χ2v) is 6.22. The van der Waals surface area contributed by atoms with Crippen molar-refractivity contribution < 1.29 is 0 Å². The van der Waals surface area contributed by atoms with E-state index in [0.717, 1.165) is 5.02 Å². The highest BCUT2D eigenvalue weighted by Crippen LogP contribution is 2.49. The van der Waals surface area contributed by atoms with Crippen LogP contribution in [-0.4, -0.2) is 25.0 Å². The van der Waals surface area contributed by atoms with E-state index in [1.54, 1.807) is 0 Å². The van der Waals surface area contributed by atoms with E-state index in [1.807, 2.05) is 12.1 Å². The lowest BCUT2D eigenvalue weighted by Crippen LogP contribution is -2.52. The van der Waals surface area contributed by atoms with Gasteiger partial charge in [-0.25, -0.2) is 0 Å². The zero-order valence-electron chi connectivity index (χ0n) is 11.7. The summed E-state index contributed by atoms with van der Waals surface area (Å²) in [5, 5.41) is 0.838. The predicted octanol–water partition coefficient (Wildman–Crippen LogP) is 4.49. The molecular weight excluding hydrogens is 242 g/mol. The Labute approximate surface area is 116 Å². The number of halogens is 1. The quantitative estimate of drug-likeness (QED) is 0.758. The van der Waals surface area contributed by atoms with Crippen molar-refractivity contribution >= 4 is 11.6 Å². The first kappa shape index (κ1) is 13.9. The van der Waals surface area contributed by atoms with E-state index in [1.165, 1.54) is 37.7 Å². The van der Waals surface area contributed by atoms with Gasteiger partial charge in [0.25, 0.3) is 0 Å². The maximum atomic E-state index is 6.02. The molecule has 1 atom stereocenters. The third-order valence-corrected chi connectivity index (χ3v) is 4.74. The molecule has 18 heavy (non-hydrogen) atoms. The smallest absolute Gasteiger partial charge is 0.0406 e. The van der Waals surface area contributed by atoms with Crippen LogP contribution in [0.5, 0.6) is 0 Å². The highest BCUT2D eigenvalue weighted by molar-refractivity contribution is 6.30. The molecule has 1 unspecified atom stereocenters. The second-order valence-electron chi connectivity index (χ2n) is 5.78. The van der Waals surface area contributed by atoms with Crippen LogP contribution in [0.3, 0.4) is 0 Å². The van der Waals surface area contributed by atoms with E-state index < -0.39 is 0 Å². The van der Waals surface area contributed by atoms with E-state index in [4.69, 9.17) is 11.6 Å². The molecule has 1 aliphatic carbocycles. The minimum atomic E-state index is 0.365. The molecule has 0 radical (unpaired) electrons. The summed E-state index contributed by atoms with van der Waals surface area (Å²) >= 11 is 6.02. The van der Waals surface area contributed by atoms with Crippen LogP contribution in [0.4, 0.5) is 0 Å². The van der Waals surface area contributed by atoms with Crippen LogP contribution in [-0.2, 0) is 5.41 Å². The molecule has 1 nitrogen and oxygen atoms in total. The number of benzene rings is 1. The third kappa shape index (κ3) is 2.44. The normalized spacial score (nSPS) is 19.6. The summed E-state index contributed by atoms with van der Waals surface area (Å²) in [7, 11) is 4.44. The van der Waals surface area contributed by atoms with E-state index in [2.05, 4.69) is 38.1 Å². The zero-order valence-corrected chi connectivity index (χ0v) is 12.5. The largest absolute Gasteiger partial charge is 0.306 e. The molecule has 2 heteroatoms.